The Bertz CT molecular complexity index is 727. The Balaban J connectivity index is 1.98. The topological polar surface area (TPSA) is 32.3 Å². The van der Waals surface area contributed by atoms with Gasteiger partial charge in [-0.05, 0) is 56.2 Å². The Kier molecular flexibility index (Phi) is 4.07. The van der Waals surface area contributed by atoms with Gasteiger partial charge in [-0.1, -0.05) is 17.7 Å². The van der Waals surface area contributed by atoms with Gasteiger partial charge < -0.3 is 10.2 Å². The second kappa shape index (κ2) is 6.03. The number of amides is 1. The highest BCUT2D eigenvalue weighted by atomic mass is 19.1. The lowest BCUT2D eigenvalue weighted by atomic mass is 9.90. The van der Waals surface area contributed by atoms with Crippen LogP contribution in [0.1, 0.15) is 37.4 Å². The third-order valence-electron chi connectivity index (χ3n) is 4.36. The maximum Gasteiger partial charge on any atom is 0.224 e. The highest BCUT2D eigenvalue weighted by Gasteiger charge is 2.32. The second-order valence-electron chi connectivity index (χ2n) is 6.24. The number of rotatable bonds is 2. The zero-order valence-electron chi connectivity index (χ0n) is 13.6. The second-order valence-corrected chi connectivity index (χ2v) is 6.24. The summed E-state index contributed by atoms with van der Waals surface area (Å²) in [6.07, 6.45) is 0.813. The first kappa shape index (κ1) is 15.5. The fourth-order valence-corrected chi connectivity index (χ4v) is 3.35. The van der Waals surface area contributed by atoms with Crippen LogP contribution in [0.4, 0.5) is 15.8 Å². The number of aryl methyl sites for hydroxylation is 1. The summed E-state index contributed by atoms with van der Waals surface area (Å²) in [5, 5.41) is 3.48. The Labute approximate surface area is 136 Å². The van der Waals surface area contributed by atoms with Crippen LogP contribution in [-0.4, -0.2) is 11.9 Å². The molecule has 0 saturated heterocycles. The van der Waals surface area contributed by atoms with Crippen LogP contribution in [0.15, 0.2) is 42.5 Å². The van der Waals surface area contributed by atoms with Gasteiger partial charge >= 0.3 is 0 Å². The molecular formula is C19H21FN2O. The van der Waals surface area contributed by atoms with Crippen molar-refractivity contribution in [3.8, 4) is 0 Å². The van der Waals surface area contributed by atoms with Crippen LogP contribution in [0.3, 0.4) is 0 Å². The van der Waals surface area contributed by atoms with Crippen LogP contribution < -0.4 is 10.2 Å². The largest absolute Gasteiger partial charge is 0.378 e. The van der Waals surface area contributed by atoms with Gasteiger partial charge in [0.05, 0.1) is 6.04 Å². The maximum absolute atomic E-state index is 13.1. The molecule has 1 N–H and O–H groups in total. The monoisotopic (exact) mass is 312 g/mol. The van der Waals surface area contributed by atoms with E-state index in [1.807, 2.05) is 24.0 Å². The molecule has 0 radical (unpaired) electrons. The van der Waals surface area contributed by atoms with Gasteiger partial charge in [0, 0.05) is 24.3 Å². The molecule has 1 aliphatic heterocycles. The van der Waals surface area contributed by atoms with Crippen molar-refractivity contribution in [2.24, 2.45) is 0 Å². The molecule has 1 heterocycles. The molecule has 3 nitrogen and oxygen atoms in total. The molecule has 0 aromatic heterocycles. The molecule has 0 saturated carbocycles. The van der Waals surface area contributed by atoms with E-state index in [2.05, 4.69) is 18.3 Å². The van der Waals surface area contributed by atoms with Gasteiger partial charge in [0.15, 0.2) is 0 Å². The number of halogens is 1. The number of carbonyl (C=O) groups excluding carboxylic acids is 1. The molecule has 1 aliphatic rings. The third kappa shape index (κ3) is 3.07. The van der Waals surface area contributed by atoms with E-state index in [1.54, 1.807) is 19.1 Å². The SMILES string of the molecule is CC(=O)N1c2ccc(C)cc2C(Nc2ccc(F)cc2)CC1C. The normalized spacial score (nSPS) is 20.1. The molecule has 2 aromatic rings. The van der Waals surface area contributed by atoms with Crippen molar-refractivity contribution in [1.29, 1.82) is 0 Å². The highest BCUT2D eigenvalue weighted by molar-refractivity contribution is 5.93. The Morgan fingerprint density at radius 1 is 1.22 bits per heavy atom. The van der Waals surface area contributed by atoms with Gasteiger partial charge in [-0.15, -0.1) is 0 Å². The summed E-state index contributed by atoms with van der Waals surface area (Å²) in [5.41, 5.74) is 4.11. The fourth-order valence-electron chi connectivity index (χ4n) is 3.35. The molecule has 2 atom stereocenters. The number of benzene rings is 2. The Morgan fingerprint density at radius 3 is 2.57 bits per heavy atom. The van der Waals surface area contributed by atoms with Crippen LogP contribution in [0.5, 0.6) is 0 Å². The molecule has 0 spiro atoms. The number of hydrogen-bond donors (Lipinski definition) is 1. The molecular weight excluding hydrogens is 291 g/mol. The molecule has 1 amide bonds. The molecule has 120 valence electrons. The van der Waals surface area contributed by atoms with Gasteiger partial charge in [-0.2, -0.15) is 0 Å². The molecule has 23 heavy (non-hydrogen) atoms. The minimum Gasteiger partial charge on any atom is -0.378 e. The molecule has 2 unspecified atom stereocenters. The highest BCUT2D eigenvalue weighted by Crippen LogP contribution is 2.39. The van der Waals surface area contributed by atoms with E-state index in [0.29, 0.717) is 0 Å². The number of fused-ring (bicyclic) bond motifs is 1. The average Bonchev–Trinajstić information content (AvgIpc) is 2.49. The van der Waals surface area contributed by atoms with Gasteiger partial charge in [0.1, 0.15) is 5.82 Å². The van der Waals surface area contributed by atoms with Crippen molar-refractivity contribution in [2.45, 2.75) is 39.3 Å². The van der Waals surface area contributed by atoms with Crippen LogP contribution >= 0.6 is 0 Å². The van der Waals surface area contributed by atoms with E-state index in [1.165, 1.54) is 12.1 Å². The summed E-state index contributed by atoms with van der Waals surface area (Å²) in [6.45, 7) is 5.71. The van der Waals surface area contributed by atoms with Gasteiger partial charge in [0.25, 0.3) is 0 Å². The van der Waals surface area contributed by atoms with E-state index in [-0.39, 0.29) is 23.8 Å². The zero-order chi connectivity index (χ0) is 16.6. The molecule has 0 aliphatic carbocycles. The lowest BCUT2D eigenvalue weighted by molar-refractivity contribution is -0.117. The minimum absolute atomic E-state index is 0.0582. The first-order chi connectivity index (χ1) is 11.0. The smallest absolute Gasteiger partial charge is 0.224 e. The Morgan fingerprint density at radius 2 is 1.91 bits per heavy atom. The summed E-state index contributed by atoms with van der Waals surface area (Å²) in [5.74, 6) is -0.186. The molecule has 0 bridgehead atoms. The first-order valence-corrected chi connectivity index (χ1v) is 7.88. The summed E-state index contributed by atoms with van der Waals surface area (Å²) in [4.78, 5) is 13.9. The Hall–Kier alpha value is -2.36. The molecule has 3 rings (SSSR count). The summed E-state index contributed by atoms with van der Waals surface area (Å²) < 4.78 is 13.1. The predicted octanol–water partition coefficient (Wildman–Crippen LogP) is 4.43. The van der Waals surface area contributed by atoms with Gasteiger partial charge in [-0.25, -0.2) is 4.39 Å². The van der Waals surface area contributed by atoms with Crippen LogP contribution in [0.25, 0.3) is 0 Å². The van der Waals surface area contributed by atoms with E-state index in [9.17, 15) is 9.18 Å². The number of nitrogens with zero attached hydrogens (tertiary/aromatic N) is 1. The standard InChI is InChI=1S/C19H21FN2O/c1-12-4-9-19-17(10-12)18(11-13(2)22(19)14(3)23)21-16-7-5-15(20)6-8-16/h4-10,13,18,21H,11H2,1-3H3. The third-order valence-corrected chi connectivity index (χ3v) is 4.36. The van der Waals surface area contributed by atoms with E-state index in [4.69, 9.17) is 0 Å². The average molecular weight is 312 g/mol. The molecule has 4 heteroatoms. The van der Waals surface area contributed by atoms with Crippen molar-refractivity contribution in [3.63, 3.8) is 0 Å². The van der Waals surface area contributed by atoms with E-state index >= 15 is 0 Å². The quantitative estimate of drug-likeness (QED) is 0.889. The summed E-state index contributed by atoms with van der Waals surface area (Å²) in [6, 6.07) is 12.8. The minimum atomic E-state index is -0.244. The fraction of sp³-hybridized carbons (Fsp3) is 0.316. The first-order valence-electron chi connectivity index (χ1n) is 7.88. The van der Waals surface area contributed by atoms with Crippen molar-refractivity contribution in [1.82, 2.24) is 0 Å². The van der Waals surface area contributed by atoms with Crippen molar-refractivity contribution in [3.05, 3.63) is 59.4 Å². The molecule has 2 aromatic carbocycles. The van der Waals surface area contributed by atoms with Crippen molar-refractivity contribution >= 4 is 17.3 Å². The number of hydrogen-bond acceptors (Lipinski definition) is 2. The summed E-state index contributed by atoms with van der Waals surface area (Å²) in [7, 11) is 0. The maximum atomic E-state index is 13.1. The number of nitrogens with one attached hydrogen (secondary N) is 1. The lowest BCUT2D eigenvalue weighted by Gasteiger charge is -2.39. The number of carbonyl (C=O) groups is 1. The van der Waals surface area contributed by atoms with Crippen molar-refractivity contribution in [2.75, 3.05) is 10.2 Å². The number of anilines is 2. The molecule has 0 fully saturated rings. The van der Waals surface area contributed by atoms with Crippen molar-refractivity contribution < 1.29 is 9.18 Å². The van der Waals surface area contributed by atoms with E-state index in [0.717, 1.165) is 28.9 Å². The summed E-state index contributed by atoms with van der Waals surface area (Å²) >= 11 is 0. The predicted molar refractivity (Wildman–Crippen MR) is 91.2 cm³/mol. The van der Waals surface area contributed by atoms with Crippen LogP contribution in [0, 0.1) is 12.7 Å². The lowest BCUT2D eigenvalue weighted by Crippen LogP contribution is -2.43. The zero-order valence-corrected chi connectivity index (χ0v) is 13.6. The van der Waals surface area contributed by atoms with E-state index < -0.39 is 0 Å². The van der Waals surface area contributed by atoms with Gasteiger partial charge in [0.2, 0.25) is 5.91 Å². The van der Waals surface area contributed by atoms with Gasteiger partial charge in [-0.3, -0.25) is 4.79 Å². The van der Waals surface area contributed by atoms with Crippen LogP contribution in [-0.2, 0) is 4.79 Å². The van der Waals surface area contributed by atoms with Crippen LogP contribution in [0.2, 0.25) is 0 Å².